The molecule has 2 unspecified atom stereocenters. The molecule has 0 bridgehead atoms. The molecule has 1 saturated carbocycles. The van der Waals surface area contributed by atoms with Gasteiger partial charge in [-0.2, -0.15) is 0 Å². The first-order valence-electron chi connectivity index (χ1n) is 7.88. The maximum Gasteiger partial charge on any atom is 0.318 e. The summed E-state index contributed by atoms with van der Waals surface area (Å²) in [6.45, 7) is 5.10. The molecule has 0 radical (unpaired) electrons. The number of carbonyl (C=O) groups is 2. The van der Waals surface area contributed by atoms with Gasteiger partial charge in [0, 0.05) is 6.54 Å². The van der Waals surface area contributed by atoms with Gasteiger partial charge < -0.3 is 20.1 Å². The Morgan fingerprint density at radius 2 is 2.05 bits per heavy atom. The Balaban J connectivity index is 2.05. The number of nitrogens with one attached hydrogen (secondary N) is 1. The van der Waals surface area contributed by atoms with Crippen LogP contribution in [0.2, 0.25) is 0 Å². The predicted molar refractivity (Wildman–Crippen MR) is 78.2 cm³/mol. The minimum absolute atomic E-state index is 0.00935. The maximum absolute atomic E-state index is 12.6. The summed E-state index contributed by atoms with van der Waals surface area (Å²) in [7, 11) is 0. The van der Waals surface area contributed by atoms with Crippen molar-refractivity contribution in [3.8, 4) is 0 Å². The highest BCUT2D eigenvalue weighted by atomic mass is 16.5. The maximum atomic E-state index is 12.6. The Morgan fingerprint density at radius 1 is 1.38 bits per heavy atom. The fraction of sp³-hybridized carbons (Fsp3) is 0.867. The van der Waals surface area contributed by atoms with Gasteiger partial charge in [0.05, 0.1) is 30.7 Å². The Bertz CT molecular complexity index is 393. The van der Waals surface area contributed by atoms with Gasteiger partial charge in [-0.25, -0.2) is 4.79 Å². The van der Waals surface area contributed by atoms with E-state index in [9.17, 15) is 9.59 Å². The average molecular weight is 298 g/mol. The molecule has 2 amide bonds. The van der Waals surface area contributed by atoms with Crippen LogP contribution < -0.4 is 5.32 Å². The molecule has 120 valence electrons. The van der Waals surface area contributed by atoms with Crippen molar-refractivity contribution in [2.24, 2.45) is 0 Å². The molecule has 0 aromatic heterocycles. The summed E-state index contributed by atoms with van der Waals surface area (Å²) in [4.78, 5) is 25.5. The topological polar surface area (TPSA) is 78.9 Å². The molecule has 2 fully saturated rings. The first kappa shape index (κ1) is 16.1. The van der Waals surface area contributed by atoms with Crippen LogP contribution in [0.1, 0.15) is 52.4 Å². The number of morpholine rings is 1. The number of carbonyl (C=O) groups excluding carboxylic acids is 1. The number of carboxylic acid groups (broad SMARTS) is 1. The molecule has 1 saturated heterocycles. The zero-order chi connectivity index (χ0) is 15.5. The molecule has 0 aromatic rings. The van der Waals surface area contributed by atoms with Crippen LogP contribution in [0.3, 0.4) is 0 Å². The summed E-state index contributed by atoms with van der Waals surface area (Å²) < 4.78 is 5.61. The number of hydrogen-bond donors (Lipinski definition) is 2. The molecule has 1 aliphatic carbocycles. The molecule has 1 heterocycles. The molecule has 2 atom stereocenters. The highest BCUT2D eigenvalue weighted by Gasteiger charge is 2.40. The number of carboxylic acids is 1. The largest absolute Gasteiger partial charge is 0.481 e. The highest BCUT2D eigenvalue weighted by molar-refractivity contribution is 5.77. The zero-order valence-corrected chi connectivity index (χ0v) is 12.9. The van der Waals surface area contributed by atoms with E-state index < -0.39 is 11.5 Å². The molecule has 2 aliphatic rings. The first-order chi connectivity index (χ1) is 9.96. The van der Waals surface area contributed by atoms with Gasteiger partial charge >= 0.3 is 12.0 Å². The second-order valence-electron chi connectivity index (χ2n) is 6.35. The molecule has 0 spiro atoms. The third-order valence-electron chi connectivity index (χ3n) is 4.62. The summed E-state index contributed by atoms with van der Waals surface area (Å²) >= 11 is 0. The molecule has 0 aromatic carbocycles. The van der Waals surface area contributed by atoms with Gasteiger partial charge in [0.25, 0.3) is 0 Å². The van der Waals surface area contributed by atoms with E-state index >= 15 is 0 Å². The summed E-state index contributed by atoms with van der Waals surface area (Å²) in [5, 5.41) is 12.1. The lowest BCUT2D eigenvalue weighted by molar-refractivity contribution is -0.138. The molecule has 6 nitrogen and oxygen atoms in total. The number of nitrogens with zero attached hydrogens (tertiary/aromatic N) is 1. The number of urea groups is 1. The summed E-state index contributed by atoms with van der Waals surface area (Å²) in [5.74, 6) is -0.848. The van der Waals surface area contributed by atoms with Crippen LogP contribution in [-0.2, 0) is 9.53 Å². The summed E-state index contributed by atoms with van der Waals surface area (Å²) in [6, 6.07) is -0.0652. The Morgan fingerprint density at radius 3 is 2.62 bits per heavy atom. The number of ether oxygens (including phenoxy) is 1. The number of aliphatic carboxylic acids is 1. The molecule has 1 aliphatic heterocycles. The Labute approximate surface area is 125 Å². The van der Waals surface area contributed by atoms with E-state index in [0.717, 1.165) is 32.1 Å². The van der Waals surface area contributed by atoms with Crippen molar-refractivity contribution in [1.82, 2.24) is 10.2 Å². The molecule has 2 rings (SSSR count). The van der Waals surface area contributed by atoms with Crippen molar-refractivity contribution in [3.63, 3.8) is 0 Å². The number of hydrogen-bond acceptors (Lipinski definition) is 3. The molecule has 6 heteroatoms. The van der Waals surface area contributed by atoms with Gasteiger partial charge in [0.1, 0.15) is 0 Å². The normalized spacial score (nSPS) is 28.4. The Hall–Kier alpha value is -1.30. The van der Waals surface area contributed by atoms with Crippen LogP contribution in [0.15, 0.2) is 0 Å². The van der Waals surface area contributed by atoms with E-state index in [1.807, 2.05) is 18.7 Å². The molecule has 21 heavy (non-hydrogen) atoms. The molecule has 2 N–H and O–H groups in total. The minimum Gasteiger partial charge on any atom is -0.481 e. The second-order valence-corrected chi connectivity index (χ2v) is 6.35. The fourth-order valence-corrected chi connectivity index (χ4v) is 3.42. The average Bonchev–Trinajstić information content (AvgIpc) is 2.85. The van der Waals surface area contributed by atoms with Crippen molar-refractivity contribution in [1.29, 1.82) is 0 Å². The van der Waals surface area contributed by atoms with Crippen molar-refractivity contribution in [2.75, 3.05) is 13.2 Å². The van der Waals surface area contributed by atoms with Gasteiger partial charge in [0.15, 0.2) is 0 Å². The summed E-state index contributed by atoms with van der Waals surface area (Å²) in [5.41, 5.74) is -0.567. The van der Waals surface area contributed by atoms with Crippen LogP contribution in [0.25, 0.3) is 0 Å². The van der Waals surface area contributed by atoms with E-state index in [1.54, 1.807) is 0 Å². The van der Waals surface area contributed by atoms with Gasteiger partial charge in [-0.3, -0.25) is 4.79 Å². The lowest BCUT2D eigenvalue weighted by atomic mass is 9.93. The van der Waals surface area contributed by atoms with E-state index in [-0.39, 0.29) is 24.6 Å². The standard InChI is InChI=1S/C15H26N2O4/c1-3-12-10-21-11(2)9-17(12)14(20)16-15(8-13(18)19)6-4-5-7-15/h11-12H,3-10H2,1-2H3,(H,16,20)(H,18,19). The van der Waals surface area contributed by atoms with Crippen LogP contribution in [-0.4, -0.2) is 52.8 Å². The molecular formula is C15H26N2O4. The third kappa shape index (κ3) is 3.87. The third-order valence-corrected chi connectivity index (χ3v) is 4.62. The smallest absolute Gasteiger partial charge is 0.318 e. The first-order valence-corrected chi connectivity index (χ1v) is 7.88. The SMILES string of the molecule is CCC1COC(C)CN1C(=O)NC1(CC(=O)O)CCCC1. The van der Waals surface area contributed by atoms with E-state index in [4.69, 9.17) is 9.84 Å². The molecular weight excluding hydrogens is 272 g/mol. The van der Waals surface area contributed by atoms with Crippen molar-refractivity contribution < 1.29 is 19.4 Å². The van der Waals surface area contributed by atoms with Gasteiger partial charge in [-0.15, -0.1) is 0 Å². The predicted octanol–water partition coefficient (Wildman–Crippen LogP) is 1.98. The number of amides is 2. The number of rotatable bonds is 4. The van der Waals surface area contributed by atoms with Gasteiger partial charge in [-0.1, -0.05) is 19.8 Å². The fourth-order valence-electron chi connectivity index (χ4n) is 3.42. The van der Waals surface area contributed by atoms with Crippen molar-refractivity contribution >= 4 is 12.0 Å². The quantitative estimate of drug-likeness (QED) is 0.832. The summed E-state index contributed by atoms with van der Waals surface area (Å²) in [6.07, 6.45) is 4.33. The van der Waals surface area contributed by atoms with Gasteiger partial charge in [0.2, 0.25) is 0 Å². The van der Waals surface area contributed by atoms with Crippen molar-refractivity contribution in [3.05, 3.63) is 0 Å². The van der Waals surface area contributed by atoms with Crippen LogP contribution in [0.4, 0.5) is 4.79 Å². The van der Waals surface area contributed by atoms with Crippen LogP contribution >= 0.6 is 0 Å². The minimum atomic E-state index is -0.848. The van der Waals surface area contributed by atoms with Crippen molar-refractivity contribution in [2.45, 2.75) is 70.1 Å². The van der Waals surface area contributed by atoms with E-state index in [0.29, 0.717) is 13.2 Å². The van der Waals surface area contributed by atoms with Crippen LogP contribution in [0.5, 0.6) is 0 Å². The Kier molecular flexibility index (Phi) is 5.08. The zero-order valence-electron chi connectivity index (χ0n) is 12.9. The van der Waals surface area contributed by atoms with Crippen LogP contribution in [0, 0.1) is 0 Å². The van der Waals surface area contributed by atoms with E-state index in [1.165, 1.54) is 0 Å². The second kappa shape index (κ2) is 6.64. The lowest BCUT2D eigenvalue weighted by Gasteiger charge is -2.40. The van der Waals surface area contributed by atoms with E-state index in [2.05, 4.69) is 5.32 Å². The van der Waals surface area contributed by atoms with Gasteiger partial charge in [-0.05, 0) is 26.2 Å². The monoisotopic (exact) mass is 298 g/mol. The lowest BCUT2D eigenvalue weighted by Crippen LogP contribution is -2.59. The highest BCUT2D eigenvalue weighted by Crippen LogP contribution is 2.33.